The van der Waals surface area contributed by atoms with E-state index in [9.17, 15) is 19.1 Å². The molecule has 7 heteroatoms. The van der Waals surface area contributed by atoms with Crippen molar-refractivity contribution in [1.29, 1.82) is 0 Å². The summed E-state index contributed by atoms with van der Waals surface area (Å²) >= 11 is 0. The number of carboxylic acids is 1. The van der Waals surface area contributed by atoms with Gasteiger partial charge in [0.25, 0.3) is 5.91 Å². The molecule has 3 aromatic carbocycles. The molecule has 0 saturated heterocycles. The van der Waals surface area contributed by atoms with E-state index in [0.717, 1.165) is 16.7 Å². The van der Waals surface area contributed by atoms with Crippen molar-refractivity contribution >= 4 is 11.9 Å². The summed E-state index contributed by atoms with van der Waals surface area (Å²) in [6, 6.07) is 18.7. The molecule has 1 atom stereocenters. The summed E-state index contributed by atoms with van der Waals surface area (Å²) in [7, 11) is 1.57. The van der Waals surface area contributed by atoms with Gasteiger partial charge in [0.1, 0.15) is 29.5 Å². The van der Waals surface area contributed by atoms with Gasteiger partial charge in [0, 0.05) is 24.9 Å². The van der Waals surface area contributed by atoms with Crippen LogP contribution in [-0.2, 0) is 24.2 Å². The number of halogens is 1. The molecule has 0 spiro atoms. The maximum Gasteiger partial charge on any atom is 0.323 e. The van der Waals surface area contributed by atoms with Gasteiger partial charge in [-0.15, -0.1) is 0 Å². The van der Waals surface area contributed by atoms with E-state index in [2.05, 4.69) is 0 Å². The number of carbonyl (C=O) groups is 2. The Labute approximate surface area is 197 Å². The minimum Gasteiger partial charge on any atom is -0.497 e. The number of nitrogens with zero attached hydrogens (tertiary/aromatic N) is 1. The van der Waals surface area contributed by atoms with Crippen LogP contribution < -0.4 is 9.47 Å². The third kappa shape index (κ3) is 5.36. The fourth-order valence-corrected chi connectivity index (χ4v) is 4.28. The predicted octanol–water partition coefficient (Wildman–Crippen LogP) is 4.50. The van der Waals surface area contributed by atoms with Gasteiger partial charge in [0.15, 0.2) is 0 Å². The van der Waals surface area contributed by atoms with E-state index in [1.54, 1.807) is 61.7 Å². The Morgan fingerprint density at radius 1 is 1.06 bits per heavy atom. The normalized spacial score (nSPS) is 16.4. The topological polar surface area (TPSA) is 76.1 Å². The van der Waals surface area contributed by atoms with Gasteiger partial charge < -0.3 is 19.5 Å². The largest absolute Gasteiger partial charge is 0.497 e. The first-order valence-corrected chi connectivity index (χ1v) is 10.9. The molecule has 0 radical (unpaired) electrons. The Hall–Kier alpha value is -3.87. The van der Waals surface area contributed by atoms with Crippen LogP contribution in [0.4, 0.5) is 4.39 Å². The number of hydrogen-bond acceptors (Lipinski definition) is 4. The van der Waals surface area contributed by atoms with Crippen LogP contribution in [0.25, 0.3) is 0 Å². The summed E-state index contributed by atoms with van der Waals surface area (Å²) in [4.78, 5) is 26.0. The van der Waals surface area contributed by atoms with Gasteiger partial charge in [0.2, 0.25) is 0 Å². The summed E-state index contributed by atoms with van der Waals surface area (Å²) in [5.74, 6) is -0.358. The van der Waals surface area contributed by atoms with Crippen molar-refractivity contribution in [3.8, 4) is 11.5 Å². The molecular weight excluding hydrogens is 437 g/mol. The zero-order valence-electron chi connectivity index (χ0n) is 19.1. The molecule has 6 nitrogen and oxygen atoms in total. The van der Waals surface area contributed by atoms with Crippen LogP contribution >= 0.6 is 0 Å². The maximum atomic E-state index is 13.3. The average molecular weight is 464 g/mol. The summed E-state index contributed by atoms with van der Waals surface area (Å²) in [6.45, 7) is 1.73. The predicted molar refractivity (Wildman–Crippen MR) is 125 cm³/mol. The van der Waals surface area contributed by atoms with Crippen LogP contribution in [0.1, 0.15) is 34.0 Å². The van der Waals surface area contributed by atoms with Crippen LogP contribution in [-0.4, -0.2) is 41.1 Å². The van der Waals surface area contributed by atoms with Crippen molar-refractivity contribution < 1.29 is 28.6 Å². The molecule has 34 heavy (non-hydrogen) atoms. The Morgan fingerprint density at radius 3 is 2.38 bits per heavy atom. The van der Waals surface area contributed by atoms with Gasteiger partial charge in [-0.1, -0.05) is 24.3 Å². The number of rotatable bonds is 8. The van der Waals surface area contributed by atoms with Crippen molar-refractivity contribution in [2.45, 2.75) is 31.9 Å². The van der Waals surface area contributed by atoms with Crippen LogP contribution in [0.15, 0.2) is 66.7 Å². The van der Waals surface area contributed by atoms with Gasteiger partial charge in [-0.05, 0) is 66.1 Å². The smallest absolute Gasteiger partial charge is 0.323 e. The Bertz CT molecular complexity index is 1190. The summed E-state index contributed by atoms with van der Waals surface area (Å²) in [6.07, 6.45) is 1.17. The molecule has 1 aliphatic rings. The second-order valence-corrected chi connectivity index (χ2v) is 8.76. The van der Waals surface area contributed by atoms with E-state index < -0.39 is 18.1 Å². The van der Waals surface area contributed by atoms with E-state index >= 15 is 0 Å². The maximum absolute atomic E-state index is 13.3. The first kappa shape index (κ1) is 23.3. The minimum absolute atomic E-state index is 0.158. The van der Waals surface area contributed by atoms with Gasteiger partial charge in [-0.3, -0.25) is 9.59 Å². The van der Waals surface area contributed by atoms with Gasteiger partial charge in [0.05, 0.1) is 7.11 Å². The Balaban J connectivity index is 1.51. The molecule has 1 aliphatic heterocycles. The Kier molecular flexibility index (Phi) is 6.54. The summed E-state index contributed by atoms with van der Waals surface area (Å²) in [5.41, 5.74) is 2.52. The van der Waals surface area contributed by atoms with Gasteiger partial charge in [-0.25, -0.2) is 4.39 Å². The summed E-state index contributed by atoms with van der Waals surface area (Å²) in [5, 5.41) is 9.36. The van der Waals surface area contributed by atoms with E-state index in [4.69, 9.17) is 9.47 Å². The molecule has 0 bridgehead atoms. The zero-order valence-corrected chi connectivity index (χ0v) is 19.1. The number of carboxylic acid groups (broad SMARTS) is 1. The number of carbonyl (C=O) groups excluding carboxylic acids is 1. The lowest BCUT2D eigenvalue weighted by Crippen LogP contribution is -2.35. The highest BCUT2D eigenvalue weighted by Crippen LogP contribution is 2.37. The molecule has 0 aromatic heterocycles. The van der Waals surface area contributed by atoms with Crippen LogP contribution in [0.2, 0.25) is 0 Å². The van der Waals surface area contributed by atoms with Crippen molar-refractivity contribution in [1.82, 2.24) is 4.90 Å². The van der Waals surface area contributed by atoms with Crippen molar-refractivity contribution in [3.05, 3.63) is 94.8 Å². The molecular formula is C27H26FNO5. The molecule has 1 amide bonds. The van der Waals surface area contributed by atoms with Gasteiger partial charge in [-0.2, -0.15) is 0 Å². The van der Waals surface area contributed by atoms with Crippen LogP contribution in [0, 0.1) is 5.82 Å². The van der Waals surface area contributed by atoms with E-state index in [1.165, 1.54) is 17.0 Å². The minimum atomic E-state index is -1.08. The molecule has 0 aliphatic carbocycles. The lowest BCUT2D eigenvalue weighted by molar-refractivity contribution is -0.137. The highest BCUT2D eigenvalue weighted by atomic mass is 19.1. The lowest BCUT2D eigenvalue weighted by atomic mass is 9.91. The molecule has 4 rings (SSSR count). The quantitative estimate of drug-likeness (QED) is 0.533. The molecule has 1 heterocycles. The van der Waals surface area contributed by atoms with Crippen molar-refractivity contribution in [2.75, 3.05) is 13.7 Å². The van der Waals surface area contributed by atoms with Crippen LogP contribution in [0.3, 0.4) is 0 Å². The first-order chi connectivity index (χ1) is 16.2. The van der Waals surface area contributed by atoms with E-state index in [1.807, 2.05) is 6.92 Å². The second-order valence-electron chi connectivity index (χ2n) is 8.76. The number of fused-ring (bicyclic) bond motifs is 1. The number of aliphatic carboxylic acids is 1. The number of ether oxygens (including phenoxy) is 2. The standard InChI is InChI=1S/C27H26FNO5/c1-27(14-18-3-8-22(28)9-4-18)15-21-13-20(7-12-24(21)34-27)26(32)29(17-25(30)31)16-19-5-10-23(33-2)11-6-19/h3-13H,14-17H2,1-2H3,(H,30,31). The number of benzene rings is 3. The fraction of sp³-hybridized carbons (Fsp3) is 0.259. The second kappa shape index (κ2) is 9.55. The number of methoxy groups -OCH3 is 1. The van der Waals surface area contributed by atoms with Gasteiger partial charge >= 0.3 is 5.97 Å². The Morgan fingerprint density at radius 2 is 1.74 bits per heavy atom. The molecule has 1 N–H and O–H groups in total. The summed E-state index contributed by atoms with van der Waals surface area (Å²) < 4.78 is 24.6. The van der Waals surface area contributed by atoms with Crippen molar-refractivity contribution in [3.63, 3.8) is 0 Å². The molecule has 176 valence electrons. The van der Waals surface area contributed by atoms with E-state index in [0.29, 0.717) is 29.9 Å². The molecule has 3 aromatic rings. The van der Waals surface area contributed by atoms with E-state index in [-0.39, 0.29) is 18.3 Å². The SMILES string of the molecule is COc1ccc(CN(CC(=O)O)C(=O)c2ccc3c(c2)CC(C)(Cc2ccc(F)cc2)O3)cc1. The number of amides is 1. The number of hydrogen-bond donors (Lipinski definition) is 1. The third-order valence-electron chi connectivity index (χ3n) is 5.87. The lowest BCUT2D eigenvalue weighted by Gasteiger charge is -2.24. The first-order valence-electron chi connectivity index (χ1n) is 10.9. The van der Waals surface area contributed by atoms with Crippen LogP contribution in [0.5, 0.6) is 11.5 Å². The fourth-order valence-electron chi connectivity index (χ4n) is 4.28. The average Bonchev–Trinajstić information content (AvgIpc) is 3.14. The van der Waals surface area contributed by atoms with Crippen molar-refractivity contribution in [2.24, 2.45) is 0 Å². The highest BCUT2D eigenvalue weighted by molar-refractivity contribution is 5.96. The monoisotopic (exact) mass is 463 g/mol. The highest BCUT2D eigenvalue weighted by Gasteiger charge is 2.35. The third-order valence-corrected chi connectivity index (χ3v) is 5.87. The molecule has 0 saturated carbocycles. The zero-order chi connectivity index (χ0) is 24.3. The molecule has 1 unspecified atom stereocenters. The molecule has 0 fully saturated rings.